The van der Waals surface area contributed by atoms with Crippen LogP contribution in [-0.2, 0) is 0 Å². The molecule has 0 fully saturated rings. The first-order valence-electron chi connectivity index (χ1n) is 6.17. The number of amides is 1. The number of phenols is 1. The molecule has 4 nitrogen and oxygen atoms in total. The summed E-state index contributed by atoms with van der Waals surface area (Å²) >= 11 is 0. The molecule has 2 aromatic carbocycles. The molecule has 0 aliphatic heterocycles. The van der Waals surface area contributed by atoms with Crippen molar-refractivity contribution in [1.82, 2.24) is 4.98 Å². The van der Waals surface area contributed by atoms with Crippen LogP contribution in [0.3, 0.4) is 0 Å². The fourth-order valence-corrected chi connectivity index (χ4v) is 1.99. The van der Waals surface area contributed by atoms with Gasteiger partial charge in [-0.15, -0.1) is 0 Å². The van der Waals surface area contributed by atoms with Crippen LogP contribution < -0.4 is 5.32 Å². The summed E-state index contributed by atoms with van der Waals surface area (Å²) < 4.78 is 0. The van der Waals surface area contributed by atoms with Crippen LogP contribution in [-0.4, -0.2) is 16.0 Å². The van der Waals surface area contributed by atoms with Gasteiger partial charge in [0.1, 0.15) is 5.75 Å². The summed E-state index contributed by atoms with van der Waals surface area (Å²) in [6, 6.07) is 15.8. The van der Waals surface area contributed by atoms with Crippen LogP contribution in [0.25, 0.3) is 10.9 Å². The van der Waals surface area contributed by atoms with E-state index >= 15 is 0 Å². The fraction of sp³-hybridized carbons (Fsp3) is 0. The Morgan fingerprint density at radius 3 is 2.75 bits per heavy atom. The van der Waals surface area contributed by atoms with Crippen LogP contribution in [0, 0.1) is 0 Å². The van der Waals surface area contributed by atoms with E-state index in [0.29, 0.717) is 11.3 Å². The van der Waals surface area contributed by atoms with Gasteiger partial charge in [0.2, 0.25) is 0 Å². The van der Waals surface area contributed by atoms with Crippen molar-refractivity contribution in [2.45, 2.75) is 0 Å². The number of hydrogen-bond acceptors (Lipinski definition) is 3. The molecule has 1 amide bonds. The molecule has 0 aliphatic rings. The molecule has 0 saturated heterocycles. The molecule has 3 rings (SSSR count). The van der Waals surface area contributed by atoms with Crippen molar-refractivity contribution in [3.63, 3.8) is 0 Å². The Morgan fingerprint density at radius 2 is 1.90 bits per heavy atom. The Hall–Kier alpha value is -2.88. The van der Waals surface area contributed by atoms with Gasteiger partial charge in [0.05, 0.1) is 17.4 Å². The molecule has 98 valence electrons. The second kappa shape index (κ2) is 5.01. The molecule has 4 heteroatoms. The number of anilines is 1. The van der Waals surface area contributed by atoms with Crippen LogP contribution in [0.5, 0.6) is 5.75 Å². The van der Waals surface area contributed by atoms with E-state index in [-0.39, 0.29) is 11.7 Å². The molecule has 20 heavy (non-hydrogen) atoms. The lowest BCUT2D eigenvalue weighted by molar-refractivity contribution is 0.102. The van der Waals surface area contributed by atoms with Crippen molar-refractivity contribution < 1.29 is 9.90 Å². The predicted octanol–water partition coefficient (Wildman–Crippen LogP) is 3.19. The molecular weight excluding hydrogens is 252 g/mol. The maximum absolute atomic E-state index is 12.1. The first-order chi connectivity index (χ1) is 9.72. The summed E-state index contributed by atoms with van der Waals surface area (Å²) in [6.45, 7) is 0. The highest BCUT2D eigenvalue weighted by Crippen LogP contribution is 2.17. The summed E-state index contributed by atoms with van der Waals surface area (Å²) in [7, 11) is 0. The van der Waals surface area contributed by atoms with Gasteiger partial charge in [0.25, 0.3) is 5.91 Å². The fourth-order valence-electron chi connectivity index (χ4n) is 1.99. The van der Waals surface area contributed by atoms with Crippen molar-refractivity contribution in [2.24, 2.45) is 0 Å². The van der Waals surface area contributed by atoms with Gasteiger partial charge in [0, 0.05) is 10.9 Å². The Kier molecular flexibility index (Phi) is 3.05. The summed E-state index contributed by atoms with van der Waals surface area (Å²) in [5, 5.41) is 13.1. The third-order valence-corrected chi connectivity index (χ3v) is 2.96. The van der Waals surface area contributed by atoms with Gasteiger partial charge in [-0.1, -0.05) is 24.3 Å². The zero-order chi connectivity index (χ0) is 13.9. The molecule has 0 aliphatic carbocycles. The summed E-state index contributed by atoms with van der Waals surface area (Å²) in [5.74, 6) is -0.215. The second-order valence-corrected chi connectivity index (χ2v) is 4.42. The lowest BCUT2D eigenvalue weighted by atomic mass is 10.2. The summed E-state index contributed by atoms with van der Waals surface area (Å²) in [6.07, 6.45) is 1.61. The number of rotatable bonds is 2. The Morgan fingerprint density at radius 1 is 1.05 bits per heavy atom. The normalized spacial score (nSPS) is 10.4. The molecule has 0 bridgehead atoms. The third kappa shape index (κ3) is 2.44. The first kappa shape index (κ1) is 12.2. The van der Waals surface area contributed by atoms with E-state index < -0.39 is 0 Å². The van der Waals surface area contributed by atoms with Crippen molar-refractivity contribution in [1.29, 1.82) is 0 Å². The van der Waals surface area contributed by atoms with Gasteiger partial charge in [-0.3, -0.25) is 9.78 Å². The molecule has 1 aromatic heterocycles. The number of pyridine rings is 1. The molecule has 3 aromatic rings. The second-order valence-electron chi connectivity index (χ2n) is 4.42. The number of phenolic OH excluding ortho intramolecular Hbond substituents is 1. The van der Waals surface area contributed by atoms with Crippen LogP contribution in [0.2, 0.25) is 0 Å². The standard InChI is InChI=1S/C16H12N2O2/c19-14-6-3-5-12(9-14)16(20)18-13-8-11-4-1-2-7-15(11)17-10-13/h1-10,19H,(H,18,20). The van der Waals surface area contributed by atoms with Crippen LogP contribution in [0.1, 0.15) is 10.4 Å². The maximum atomic E-state index is 12.1. The highest BCUT2D eigenvalue weighted by atomic mass is 16.3. The zero-order valence-electron chi connectivity index (χ0n) is 10.6. The quantitative estimate of drug-likeness (QED) is 0.747. The average molecular weight is 264 g/mol. The SMILES string of the molecule is O=C(Nc1cnc2ccccc2c1)c1cccc(O)c1. The smallest absolute Gasteiger partial charge is 0.255 e. The maximum Gasteiger partial charge on any atom is 0.255 e. The van der Waals surface area contributed by atoms with Gasteiger partial charge in [0.15, 0.2) is 0 Å². The molecule has 0 unspecified atom stereocenters. The van der Waals surface area contributed by atoms with Crippen molar-refractivity contribution >= 4 is 22.5 Å². The minimum atomic E-state index is -0.280. The third-order valence-electron chi connectivity index (χ3n) is 2.96. The van der Waals surface area contributed by atoms with E-state index in [4.69, 9.17) is 0 Å². The number of fused-ring (bicyclic) bond motifs is 1. The number of nitrogens with zero attached hydrogens (tertiary/aromatic N) is 1. The first-order valence-corrected chi connectivity index (χ1v) is 6.17. The van der Waals surface area contributed by atoms with Crippen molar-refractivity contribution in [2.75, 3.05) is 5.32 Å². The Bertz CT molecular complexity index is 784. The van der Waals surface area contributed by atoms with E-state index in [2.05, 4.69) is 10.3 Å². The highest BCUT2D eigenvalue weighted by molar-refractivity contribution is 6.05. The molecule has 1 heterocycles. The Balaban J connectivity index is 1.87. The van der Waals surface area contributed by atoms with Gasteiger partial charge in [-0.05, 0) is 30.3 Å². The van der Waals surface area contributed by atoms with E-state index in [1.165, 1.54) is 12.1 Å². The molecule has 0 spiro atoms. The average Bonchev–Trinajstić information content (AvgIpc) is 2.47. The summed E-state index contributed by atoms with van der Waals surface area (Å²) in [4.78, 5) is 16.3. The van der Waals surface area contributed by atoms with E-state index in [1.54, 1.807) is 18.3 Å². The predicted molar refractivity (Wildman–Crippen MR) is 77.8 cm³/mol. The highest BCUT2D eigenvalue weighted by Gasteiger charge is 2.07. The number of carbonyl (C=O) groups is 1. The van der Waals surface area contributed by atoms with Crippen molar-refractivity contribution in [3.05, 3.63) is 66.4 Å². The number of aromatic nitrogens is 1. The topological polar surface area (TPSA) is 62.2 Å². The minimum Gasteiger partial charge on any atom is -0.508 e. The lowest BCUT2D eigenvalue weighted by Gasteiger charge is -2.06. The minimum absolute atomic E-state index is 0.0642. The molecule has 0 saturated carbocycles. The molecule has 0 atom stereocenters. The largest absolute Gasteiger partial charge is 0.508 e. The molecular formula is C16H12N2O2. The number of nitrogens with one attached hydrogen (secondary N) is 1. The van der Waals surface area contributed by atoms with Gasteiger partial charge in [-0.2, -0.15) is 0 Å². The number of hydrogen-bond donors (Lipinski definition) is 2. The van der Waals surface area contributed by atoms with Gasteiger partial charge >= 0.3 is 0 Å². The van der Waals surface area contributed by atoms with Crippen LogP contribution in [0.4, 0.5) is 5.69 Å². The van der Waals surface area contributed by atoms with Crippen LogP contribution >= 0.6 is 0 Å². The molecule has 2 N–H and O–H groups in total. The lowest BCUT2D eigenvalue weighted by Crippen LogP contribution is -2.11. The monoisotopic (exact) mass is 264 g/mol. The van der Waals surface area contributed by atoms with E-state index in [0.717, 1.165) is 10.9 Å². The van der Waals surface area contributed by atoms with Crippen molar-refractivity contribution in [3.8, 4) is 5.75 Å². The summed E-state index contributed by atoms with van der Waals surface area (Å²) in [5.41, 5.74) is 1.90. The molecule has 0 radical (unpaired) electrons. The zero-order valence-corrected chi connectivity index (χ0v) is 10.6. The number of carbonyl (C=O) groups excluding carboxylic acids is 1. The number of para-hydroxylation sites is 1. The van der Waals surface area contributed by atoms with Gasteiger partial charge < -0.3 is 10.4 Å². The van der Waals surface area contributed by atoms with Gasteiger partial charge in [-0.25, -0.2) is 0 Å². The Labute approximate surface area is 115 Å². The van der Waals surface area contributed by atoms with Crippen LogP contribution in [0.15, 0.2) is 60.8 Å². The van der Waals surface area contributed by atoms with E-state index in [1.807, 2.05) is 30.3 Å². The number of aromatic hydroxyl groups is 1. The number of benzene rings is 2. The van der Waals surface area contributed by atoms with E-state index in [9.17, 15) is 9.90 Å².